The van der Waals surface area contributed by atoms with Crippen molar-refractivity contribution in [1.29, 1.82) is 0 Å². The highest BCUT2D eigenvalue weighted by Gasteiger charge is 2.30. The summed E-state index contributed by atoms with van der Waals surface area (Å²) < 4.78 is 49.5. The third-order valence-electron chi connectivity index (χ3n) is 1.74. The number of carbonyl (C=O) groups is 1. The van der Waals surface area contributed by atoms with Gasteiger partial charge in [0.15, 0.2) is 6.10 Å². The second-order valence-electron chi connectivity index (χ2n) is 3.46. The molecule has 0 aliphatic carbocycles. The Kier molecular flexibility index (Phi) is 7.13. The molecule has 17 heavy (non-hydrogen) atoms. The first-order valence-corrected chi connectivity index (χ1v) is 5.22. The van der Waals surface area contributed by atoms with Crippen LogP contribution < -0.4 is 0 Å². The second-order valence-corrected chi connectivity index (χ2v) is 3.46. The summed E-state index contributed by atoms with van der Waals surface area (Å²) in [7, 11) is 0. The monoisotopic (exact) mass is 258 g/mol. The molecule has 2 atom stereocenters. The van der Waals surface area contributed by atoms with Gasteiger partial charge in [0.1, 0.15) is 13.2 Å². The van der Waals surface area contributed by atoms with Crippen LogP contribution in [0.25, 0.3) is 0 Å². The number of ether oxygens (including phenoxy) is 3. The number of hydrogen-bond acceptors (Lipinski definition) is 4. The minimum Gasteiger partial charge on any atom is -0.461 e. The van der Waals surface area contributed by atoms with Crippen LogP contribution in [0.3, 0.4) is 0 Å². The molecule has 0 radical (unpaired) electrons. The lowest BCUT2D eigenvalue weighted by atomic mass is 10.4. The van der Waals surface area contributed by atoms with E-state index in [9.17, 15) is 18.0 Å². The van der Waals surface area contributed by atoms with E-state index < -0.39 is 24.9 Å². The molecule has 0 aromatic heterocycles. The highest BCUT2D eigenvalue weighted by Crippen LogP contribution is 2.15. The topological polar surface area (TPSA) is 44.8 Å². The van der Waals surface area contributed by atoms with Crippen molar-refractivity contribution in [3.05, 3.63) is 0 Å². The zero-order chi connectivity index (χ0) is 13.5. The molecule has 102 valence electrons. The number of hydrogen-bond donors (Lipinski definition) is 0. The summed E-state index contributed by atoms with van der Waals surface area (Å²) in [6, 6.07) is 0. The van der Waals surface area contributed by atoms with Crippen molar-refractivity contribution in [3.63, 3.8) is 0 Å². The molecular formula is C10H17F3O4. The summed E-state index contributed by atoms with van der Waals surface area (Å²) in [6.45, 7) is 3.68. The van der Waals surface area contributed by atoms with E-state index in [4.69, 9.17) is 9.47 Å². The molecule has 0 saturated carbocycles. The molecule has 0 bridgehead atoms. The van der Waals surface area contributed by atoms with Crippen molar-refractivity contribution in [3.8, 4) is 0 Å². The number of rotatable bonds is 7. The van der Waals surface area contributed by atoms with Gasteiger partial charge in [-0.1, -0.05) is 0 Å². The van der Waals surface area contributed by atoms with E-state index in [0.717, 1.165) is 0 Å². The van der Waals surface area contributed by atoms with E-state index in [-0.39, 0.29) is 12.7 Å². The molecule has 0 aliphatic heterocycles. The van der Waals surface area contributed by atoms with Gasteiger partial charge >= 0.3 is 12.1 Å². The maximum atomic E-state index is 11.8. The Balaban J connectivity index is 3.82. The first kappa shape index (κ1) is 16.2. The zero-order valence-corrected chi connectivity index (χ0v) is 10.0. The Bertz CT molecular complexity index is 230. The van der Waals surface area contributed by atoms with Gasteiger partial charge in [-0.15, -0.1) is 0 Å². The van der Waals surface area contributed by atoms with Crippen LogP contribution >= 0.6 is 0 Å². The van der Waals surface area contributed by atoms with Gasteiger partial charge in [0, 0.05) is 6.61 Å². The normalized spacial score (nSPS) is 15.4. The highest BCUT2D eigenvalue weighted by molar-refractivity contribution is 5.74. The first-order valence-electron chi connectivity index (χ1n) is 5.22. The predicted octanol–water partition coefficient (Wildman–Crippen LogP) is 1.92. The van der Waals surface area contributed by atoms with Crippen LogP contribution in [0, 0.1) is 0 Å². The Hall–Kier alpha value is -0.820. The quantitative estimate of drug-likeness (QED) is 0.654. The van der Waals surface area contributed by atoms with Crippen molar-refractivity contribution < 1.29 is 32.2 Å². The fourth-order valence-corrected chi connectivity index (χ4v) is 0.937. The van der Waals surface area contributed by atoms with Gasteiger partial charge < -0.3 is 14.2 Å². The molecule has 0 aromatic carbocycles. The zero-order valence-electron chi connectivity index (χ0n) is 10.0. The summed E-state index contributed by atoms with van der Waals surface area (Å²) in [6.07, 6.45) is -5.99. The number of halogens is 3. The highest BCUT2D eigenvalue weighted by atomic mass is 19.4. The van der Waals surface area contributed by atoms with E-state index >= 15 is 0 Å². The molecular weight excluding hydrogens is 241 g/mol. The molecule has 0 amide bonds. The van der Waals surface area contributed by atoms with Crippen LogP contribution in [0.4, 0.5) is 13.2 Å². The molecule has 0 spiro atoms. The fraction of sp³-hybridized carbons (Fsp3) is 0.900. The van der Waals surface area contributed by atoms with Crippen molar-refractivity contribution in [2.45, 2.75) is 39.2 Å². The minimum absolute atomic E-state index is 0.00755. The molecule has 0 N–H and O–H groups in total. The van der Waals surface area contributed by atoms with Crippen LogP contribution in [-0.4, -0.2) is 44.2 Å². The first-order chi connectivity index (χ1) is 7.76. The van der Waals surface area contributed by atoms with Crippen LogP contribution in [0.15, 0.2) is 0 Å². The molecule has 0 aliphatic rings. The number of alkyl halides is 3. The Morgan fingerprint density at radius 3 is 2.29 bits per heavy atom. The lowest BCUT2D eigenvalue weighted by Gasteiger charge is -2.16. The van der Waals surface area contributed by atoms with Crippen molar-refractivity contribution in [1.82, 2.24) is 0 Å². The molecule has 0 aromatic rings. The molecule has 4 nitrogen and oxygen atoms in total. The molecule has 7 heteroatoms. The van der Waals surface area contributed by atoms with Gasteiger partial charge in [-0.05, 0) is 20.8 Å². The fourth-order valence-electron chi connectivity index (χ4n) is 0.937. The minimum atomic E-state index is -4.45. The SMILES string of the molecule is CCOC(C)COC(=O)C(C)OCC(F)(F)F. The third-order valence-corrected chi connectivity index (χ3v) is 1.74. The Morgan fingerprint density at radius 2 is 1.82 bits per heavy atom. The van der Waals surface area contributed by atoms with Gasteiger partial charge in [0.05, 0.1) is 6.10 Å². The smallest absolute Gasteiger partial charge is 0.411 e. The molecule has 0 saturated heterocycles. The summed E-state index contributed by atoms with van der Waals surface area (Å²) in [5.41, 5.74) is 0. The van der Waals surface area contributed by atoms with E-state index in [0.29, 0.717) is 6.61 Å². The summed E-state index contributed by atoms with van der Waals surface area (Å²) in [5, 5.41) is 0. The van der Waals surface area contributed by atoms with Crippen LogP contribution in [-0.2, 0) is 19.0 Å². The average Bonchev–Trinajstić information content (AvgIpc) is 2.22. The summed E-state index contributed by atoms with van der Waals surface area (Å²) in [5.74, 6) is -0.833. The maximum Gasteiger partial charge on any atom is 0.411 e. The van der Waals surface area contributed by atoms with Gasteiger partial charge in [0.2, 0.25) is 0 Å². The van der Waals surface area contributed by atoms with E-state index in [1.165, 1.54) is 6.92 Å². The number of carbonyl (C=O) groups excluding carboxylic acids is 1. The predicted molar refractivity (Wildman–Crippen MR) is 53.5 cm³/mol. The summed E-state index contributed by atoms with van der Waals surface area (Å²) in [4.78, 5) is 11.2. The Morgan fingerprint density at radius 1 is 1.24 bits per heavy atom. The van der Waals surface area contributed by atoms with Crippen LogP contribution in [0.5, 0.6) is 0 Å². The van der Waals surface area contributed by atoms with Crippen LogP contribution in [0.2, 0.25) is 0 Å². The van der Waals surface area contributed by atoms with E-state index in [1.807, 2.05) is 0 Å². The molecule has 2 unspecified atom stereocenters. The average molecular weight is 258 g/mol. The largest absolute Gasteiger partial charge is 0.461 e. The standard InChI is InChI=1S/C10H17F3O4/c1-4-15-7(2)5-16-9(14)8(3)17-6-10(11,12)13/h7-8H,4-6H2,1-3H3. The van der Waals surface area contributed by atoms with Crippen molar-refractivity contribution in [2.75, 3.05) is 19.8 Å². The van der Waals surface area contributed by atoms with E-state index in [2.05, 4.69) is 4.74 Å². The number of esters is 1. The van der Waals surface area contributed by atoms with E-state index in [1.54, 1.807) is 13.8 Å². The third kappa shape index (κ3) is 8.93. The Labute approximate surface area is 98.0 Å². The van der Waals surface area contributed by atoms with Gasteiger partial charge in [-0.3, -0.25) is 0 Å². The van der Waals surface area contributed by atoms with Crippen LogP contribution in [0.1, 0.15) is 20.8 Å². The molecule has 0 rings (SSSR count). The second kappa shape index (κ2) is 7.50. The van der Waals surface area contributed by atoms with Gasteiger partial charge in [-0.2, -0.15) is 13.2 Å². The maximum absolute atomic E-state index is 11.8. The molecule has 0 fully saturated rings. The van der Waals surface area contributed by atoms with Gasteiger partial charge in [0.25, 0.3) is 0 Å². The van der Waals surface area contributed by atoms with Gasteiger partial charge in [-0.25, -0.2) is 4.79 Å². The molecule has 0 heterocycles. The van der Waals surface area contributed by atoms with Crippen molar-refractivity contribution >= 4 is 5.97 Å². The summed E-state index contributed by atoms with van der Waals surface area (Å²) >= 11 is 0. The van der Waals surface area contributed by atoms with Crippen molar-refractivity contribution in [2.24, 2.45) is 0 Å². The lowest BCUT2D eigenvalue weighted by molar-refractivity contribution is -0.194. The lowest BCUT2D eigenvalue weighted by Crippen LogP contribution is -2.30.